The summed E-state index contributed by atoms with van der Waals surface area (Å²) < 4.78 is 16.1. The Morgan fingerprint density at radius 1 is 1.36 bits per heavy atom. The molecule has 4 rings (SSSR count). The van der Waals surface area contributed by atoms with Crippen molar-refractivity contribution < 1.29 is 9.18 Å². The number of rotatable bonds is 3. The number of aryl methyl sites for hydroxylation is 1. The first kappa shape index (κ1) is 16.3. The number of carbonyl (C=O) groups is 1. The Morgan fingerprint density at radius 2 is 2.20 bits per heavy atom. The maximum absolute atomic E-state index is 14.5. The average Bonchev–Trinajstić information content (AvgIpc) is 3.30. The van der Waals surface area contributed by atoms with Crippen molar-refractivity contribution in [2.75, 3.05) is 13.1 Å². The summed E-state index contributed by atoms with van der Waals surface area (Å²) in [5.41, 5.74) is 9.52. The number of amides is 1. The summed E-state index contributed by atoms with van der Waals surface area (Å²) in [4.78, 5) is 14.9. The minimum atomic E-state index is -0.308. The van der Waals surface area contributed by atoms with Crippen molar-refractivity contribution in [2.45, 2.75) is 45.1 Å². The second kappa shape index (κ2) is 6.26. The molecule has 0 saturated carbocycles. The molecule has 2 aromatic rings. The first-order chi connectivity index (χ1) is 12.1. The first-order valence-corrected chi connectivity index (χ1v) is 8.98. The van der Waals surface area contributed by atoms with E-state index < -0.39 is 0 Å². The number of fused-ring (bicyclic) bond motifs is 1. The minimum Gasteiger partial charge on any atom is -0.333 e. The SMILES string of the molecule is Cc1ccc(-n2nc(C(=O)N3CCCC3CN)c3c2CCC3)c(F)c1. The van der Waals surface area contributed by atoms with Gasteiger partial charge in [0.1, 0.15) is 11.5 Å². The monoisotopic (exact) mass is 342 g/mol. The summed E-state index contributed by atoms with van der Waals surface area (Å²) in [5, 5.41) is 4.55. The average molecular weight is 342 g/mol. The molecule has 1 aliphatic carbocycles. The van der Waals surface area contributed by atoms with Crippen LogP contribution in [0.4, 0.5) is 4.39 Å². The highest BCUT2D eigenvalue weighted by molar-refractivity contribution is 5.94. The number of halogens is 1. The van der Waals surface area contributed by atoms with E-state index in [2.05, 4.69) is 5.10 Å². The van der Waals surface area contributed by atoms with Gasteiger partial charge in [-0.05, 0) is 56.7 Å². The topological polar surface area (TPSA) is 64.2 Å². The summed E-state index contributed by atoms with van der Waals surface area (Å²) in [6, 6.07) is 5.20. The van der Waals surface area contributed by atoms with Crippen molar-refractivity contribution >= 4 is 5.91 Å². The molecule has 2 aliphatic rings. The third kappa shape index (κ3) is 2.65. The maximum atomic E-state index is 14.5. The van der Waals surface area contributed by atoms with Crippen LogP contribution in [0.1, 0.15) is 46.6 Å². The van der Waals surface area contributed by atoms with Crippen LogP contribution in [0.25, 0.3) is 5.69 Å². The molecule has 1 fully saturated rings. The predicted octanol–water partition coefficient (Wildman–Crippen LogP) is 2.37. The highest BCUT2D eigenvalue weighted by atomic mass is 19.1. The van der Waals surface area contributed by atoms with E-state index in [1.165, 1.54) is 6.07 Å². The summed E-state index contributed by atoms with van der Waals surface area (Å²) in [5.74, 6) is -0.366. The highest BCUT2D eigenvalue weighted by Gasteiger charge is 2.34. The molecule has 0 radical (unpaired) electrons. The molecule has 1 amide bonds. The van der Waals surface area contributed by atoms with Crippen molar-refractivity contribution in [3.63, 3.8) is 0 Å². The van der Waals surface area contributed by atoms with Gasteiger partial charge >= 0.3 is 0 Å². The van der Waals surface area contributed by atoms with Gasteiger partial charge in [-0.2, -0.15) is 5.10 Å². The van der Waals surface area contributed by atoms with E-state index in [1.54, 1.807) is 10.7 Å². The Balaban J connectivity index is 1.77. The van der Waals surface area contributed by atoms with Crippen molar-refractivity contribution in [2.24, 2.45) is 5.73 Å². The molecule has 1 atom stereocenters. The lowest BCUT2D eigenvalue weighted by Gasteiger charge is -2.22. The molecule has 132 valence electrons. The van der Waals surface area contributed by atoms with E-state index in [0.717, 1.165) is 55.5 Å². The number of aromatic nitrogens is 2. The van der Waals surface area contributed by atoms with Crippen LogP contribution in [0.2, 0.25) is 0 Å². The van der Waals surface area contributed by atoms with Gasteiger partial charge in [-0.3, -0.25) is 4.79 Å². The zero-order valence-corrected chi connectivity index (χ0v) is 14.5. The fourth-order valence-corrected chi connectivity index (χ4v) is 4.08. The van der Waals surface area contributed by atoms with Crippen LogP contribution in [0.5, 0.6) is 0 Å². The Bertz CT molecular complexity index is 829. The standard InChI is InChI=1S/C19H23FN4O/c1-12-7-8-17(15(20)10-12)24-16-6-2-5-14(16)18(22-24)19(25)23-9-3-4-13(23)11-21/h7-8,10,13H,2-6,9,11,21H2,1H3. The molecule has 0 bridgehead atoms. The highest BCUT2D eigenvalue weighted by Crippen LogP contribution is 2.31. The van der Waals surface area contributed by atoms with E-state index in [0.29, 0.717) is 17.9 Å². The summed E-state index contributed by atoms with van der Waals surface area (Å²) >= 11 is 0. The molecular formula is C19H23FN4O. The summed E-state index contributed by atoms with van der Waals surface area (Å²) in [6.07, 6.45) is 4.54. The van der Waals surface area contributed by atoms with Gasteiger partial charge in [0.15, 0.2) is 5.69 Å². The Hall–Kier alpha value is -2.21. The number of hydrogen-bond donors (Lipinski definition) is 1. The van der Waals surface area contributed by atoms with Crippen LogP contribution >= 0.6 is 0 Å². The molecule has 1 aromatic heterocycles. The zero-order valence-electron chi connectivity index (χ0n) is 14.5. The largest absolute Gasteiger partial charge is 0.333 e. The van der Waals surface area contributed by atoms with Gasteiger partial charge in [0.2, 0.25) is 0 Å². The normalized spacial score (nSPS) is 19.5. The van der Waals surface area contributed by atoms with Crippen molar-refractivity contribution in [1.82, 2.24) is 14.7 Å². The van der Waals surface area contributed by atoms with Gasteiger partial charge in [-0.25, -0.2) is 9.07 Å². The van der Waals surface area contributed by atoms with Gasteiger partial charge in [-0.1, -0.05) is 6.07 Å². The zero-order chi connectivity index (χ0) is 17.6. The van der Waals surface area contributed by atoms with E-state index in [-0.39, 0.29) is 17.8 Å². The van der Waals surface area contributed by atoms with Gasteiger partial charge in [0, 0.05) is 30.4 Å². The molecule has 6 heteroatoms. The fraction of sp³-hybridized carbons (Fsp3) is 0.474. The van der Waals surface area contributed by atoms with Crippen LogP contribution in [0.3, 0.4) is 0 Å². The second-order valence-corrected chi connectivity index (χ2v) is 7.02. The molecular weight excluding hydrogens is 319 g/mol. The minimum absolute atomic E-state index is 0.0580. The van der Waals surface area contributed by atoms with Gasteiger partial charge < -0.3 is 10.6 Å². The second-order valence-electron chi connectivity index (χ2n) is 7.02. The quantitative estimate of drug-likeness (QED) is 0.931. The number of benzene rings is 1. The molecule has 1 aliphatic heterocycles. The summed E-state index contributed by atoms with van der Waals surface area (Å²) in [6.45, 7) is 3.05. The first-order valence-electron chi connectivity index (χ1n) is 8.98. The molecule has 5 nitrogen and oxygen atoms in total. The number of likely N-dealkylation sites (tertiary alicyclic amines) is 1. The van der Waals surface area contributed by atoms with Crippen LogP contribution in [-0.2, 0) is 12.8 Å². The molecule has 2 N–H and O–H groups in total. The van der Waals surface area contributed by atoms with Crippen molar-refractivity contribution in [1.29, 1.82) is 0 Å². The third-order valence-corrected chi connectivity index (χ3v) is 5.37. The molecule has 1 unspecified atom stereocenters. The van der Waals surface area contributed by atoms with Crippen LogP contribution in [0.15, 0.2) is 18.2 Å². The Labute approximate surface area is 146 Å². The molecule has 2 heterocycles. The third-order valence-electron chi connectivity index (χ3n) is 5.37. The number of carbonyl (C=O) groups excluding carboxylic acids is 1. The van der Waals surface area contributed by atoms with Crippen LogP contribution < -0.4 is 5.73 Å². The van der Waals surface area contributed by atoms with Gasteiger partial charge in [0.05, 0.1) is 0 Å². The predicted molar refractivity (Wildman–Crippen MR) is 93.4 cm³/mol. The van der Waals surface area contributed by atoms with Crippen molar-refractivity contribution in [3.8, 4) is 5.69 Å². The fourth-order valence-electron chi connectivity index (χ4n) is 4.08. The summed E-state index contributed by atoms with van der Waals surface area (Å²) in [7, 11) is 0. The van der Waals surface area contributed by atoms with E-state index in [4.69, 9.17) is 5.73 Å². The lowest BCUT2D eigenvalue weighted by molar-refractivity contribution is 0.0733. The Morgan fingerprint density at radius 3 is 2.96 bits per heavy atom. The van der Waals surface area contributed by atoms with E-state index >= 15 is 0 Å². The molecule has 1 aromatic carbocycles. The number of hydrogen-bond acceptors (Lipinski definition) is 3. The smallest absolute Gasteiger partial charge is 0.274 e. The number of nitrogens with two attached hydrogens (primary N) is 1. The van der Waals surface area contributed by atoms with Crippen LogP contribution in [-0.4, -0.2) is 39.7 Å². The number of nitrogens with zero attached hydrogens (tertiary/aromatic N) is 3. The van der Waals surface area contributed by atoms with Gasteiger partial charge in [0.25, 0.3) is 5.91 Å². The van der Waals surface area contributed by atoms with E-state index in [9.17, 15) is 9.18 Å². The Kier molecular flexibility index (Phi) is 4.07. The van der Waals surface area contributed by atoms with Gasteiger partial charge in [-0.15, -0.1) is 0 Å². The van der Waals surface area contributed by atoms with Crippen molar-refractivity contribution in [3.05, 3.63) is 46.5 Å². The maximum Gasteiger partial charge on any atom is 0.274 e. The lowest BCUT2D eigenvalue weighted by atomic mass is 10.1. The van der Waals surface area contributed by atoms with E-state index in [1.807, 2.05) is 17.9 Å². The molecule has 1 saturated heterocycles. The van der Waals surface area contributed by atoms with Crippen LogP contribution in [0, 0.1) is 12.7 Å². The lowest BCUT2D eigenvalue weighted by Crippen LogP contribution is -2.40. The molecule has 25 heavy (non-hydrogen) atoms. The molecule has 0 spiro atoms.